The van der Waals surface area contributed by atoms with Gasteiger partial charge < -0.3 is 9.64 Å². The SMILES string of the molecule is COc1cccc(CN(C)c2cc(Br)ccc2CBr)c1. The van der Waals surface area contributed by atoms with E-state index in [0.717, 1.165) is 22.1 Å². The molecule has 0 radical (unpaired) electrons. The Morgan fingerprint density at radius 2 is 1.95 bits per heavy atom. The van der Waals surface area contributed by atoms with Crippen molar-refractivity contribution in [1.82, 2.24) is 0 Å². The molecule has 0 heterocycles. The third-order valence-electron chi connectivity index (χ3n) is 3.16. The predicted octanol–water partition coefficient (Wildman–Crippen LogP) is 4.99. The molecule has 2 aromatic rings. The number of ether oxygens (including phenoxy) is 1. The van der Waals surface area contributed by atoms with Crippen LogP contribution in [0, 0.1) is 0 Å². The summed E-state index contributed by atoms with van der Waals surface area (Å²) in [6.07, 6.45) is 0. The smallest absolute Gasteiger partial charge is 0.119 e. The molecule has 2 aromatic carbocycles. The number of alkyl halides is 1. The van der Waals surface area contributed by atoms with Gasteiger partial charge in [0.05, 0.1) is 7.11 Å². The van der Waals surface area contributed by atoms with Crippen molar-refractivity contribution < 1.29 is 4.74 Å². The van der Waals surface area contributed by atoms with Crippen molar-refractivity contribution in [3.05, 3.63) is 58.1 Å². The molecule has 0 aliphatic heterocycles. The minimum atomic E-state index is 0.841. The first-order chi connectivity index (χ1) is 9.63. The number of benzene rings is 2. The zero-order valence-corrected chi connectivity index (χ0v) is 14.7. The zero-order valence-electron chi connectivity index (χ0n) is 11.6. The third kappa shape index (κ3) is 3.76. The molecule has 106 valence electrons. The van der Waals surface area contributed by atoms with Crippen LogP contribution in [0.15, 0.2) is 46.9 Å². The lowest BCUT2D eigenvalue weighted by atomic mass is 10.1. The van der Waals surface area contributed by atoms with Crippen molar-refractivity contribution in [2.45, 2.75) is 11.9 Å². The number of rotatable bonds is 5. The molecule has 0 N–H and O–H groups in total. The molecule has 2 rings (SSSR count). The first-order valence-corrected chi connectivity index (χ1v) is 8.24. The van der Waals surface area contributed by atoms with Gasteiger partial charge in [-0.05, 0) is 35.4 Å². The lowest BCUT2D eigenvalue weighted by Gasteiger charge is -2.22. The average Bonchev–Trinajstić information content (AvgIpc) is 2.47. The van der Waals surface area contributed by atoms with E-state index in [2.05, 4.69) is 74.1 Å². The Kier molecular flexibility index (Phi) is 5.49. The normalized spacial score (nSPS) is 10.4. The number of anilines is 1. The number of nitrogens with zero attached hydrogens (tertiary/aromatic N) is 1. The van der Waals surface area contributed by atoms with Gasteiger partial charge in [0.1, 0.15) is 5.75 Å². The van der Waals surface area contributed by atoms with Crippen LogP contribution < -0.4 is 9.64 Å². The third-order valence-corrected chi connectivity index (χ3v) is 4.25. The molecule has 0 amide bonds. The second-order valence-electron chi connectivity index (χ2n) is 4.61. The van der Waals surface area contributed by atoms with Crippen LogP contribution in [0.25, 0.3) is 0 Å². The van der Waals surface area contributed by atoms with Crippen molar-refractivity contribution in [3.63, 3.8) is 0 Å². The summed E-state index contributed by atoms with van der Waals surface area (Å²) in [5.74, 6) is 0.894. The van der Waals surface area contributed by atoms with Gasteiger partial charge in [-0.2, -0.15) is 0 Å². The van der Waals surface area contributed by atoms with Gasteiger partial charge in [0.2, 0.25) is 0 Å². The largest absolute Gasteiger partial charge is 0.497 e. The van der Waals surface area contributed by atoms with Crippen LogP contribution in [0.4, 0.5) is 5.69 Å². The predicted molar refractivity (Wildman–Crippen MR) is 91.9 cm³/mol. The van der Waals surface area contributed by atoms with Crippen molar-refractivity contribution in [2.24, 2.45) is 0 Å². The maximum absolute atomic E-state index is 5.27. The molecule has 0 atom stereocenters. The standard InChI is InChI=1S/C16H17Br2NO/c1-19(11-12-4-3-5-15(8-12)20-2)16-9-14(18)7-6-13(16)10-17/h3-9H,10-11H2,1-2H3. The van der Waals surface area contributed by atoms with E-state index >= 15 is 0 Å². The molecular weight excluding hydrogens is 382 g/mol. The summed E-state index contributed by atoms with van der Waals surface area (Å²) in [5.41, 5.74) is 3.73. The Morgan fingerprint density at radius 3 is 2.65 bits per heavy atom. The highest BCUT2D eigenvalue weighted by Crippen LogP contribution is 2.27. The van der Waals surface area contributed by atoms with E-state index in [1.807, 2.05) is 12.1 Å². The quantitative estimate of drug-likeness (QED) is 0.658. The summed E-state index contributed by atoms with van der Waals surface area (Å²) < 4.78 is 6.36. The van der Waals surface area contributed by atoms with E-state index in [1.54, 1.807) is 7.11 Å². The molecule has 0 aliphatic rings. The van der Waals surface area contributed by atoms with Crippen molar-refractivity contribution in [2.75, 3.05) is 19.1 Å². The molecule has 0 aromatic heterocycles. The Morgan fingerprint density at radius 1 is 1.15 bits per heavy atom. The molecule has 0 saturated carbocycles. The van der Waals surface area contributed by atoms with Gasteiger partial charge in [-0.15, -0.1) is 0 Å². The van der Waals surface area contributed by atoms with Gasteiger partial charge in [-0.25, -0.2) is 0 Å². The van der Waals surface area contributed by atoms with Gasteiger partial charge in [0, 0.05) is 29.1 Å². The molecule has 0 bridgehead atoms. The maximum atomic E-state index is 5.27. The van der Waals surface area contributed by atoms with Crippen LogP contribution in [-0.2, 0) is 11.9 Å². The van der Waals surface area contributed by atoms with Gasteiger partial charge >= 0.3 is 0 Å². The van der Waals surface area contributed by atoms with Crippen molar-refractivity contribution >= 4 is 37.5 Å². The van der Waals surface area contributed by atoms with Gasteiger partial charge in [0.15, 0.2) is 0 Å². The minimum Gasteiger partial charge on any atom is -0.497 e. The number of methoxy groups -OCH3 is 1. The van der Waals surface area contributed by atoms with E-state index in [9.17, 15) is 0 Å². The number of halogens is 2. The summed E-state index contributed by atoms with van der Waals surface area (Å²) in [4.78, 5) is 2.25. The molecule has 0 unspecified atom stereocenters. The summed E-state index contributed by atoms with van der Waals surface area (Å²) in [5, 5.41) is 0.845. The van der Waals surface area contributed by atoms with E-state index in [-0.39, 0.29) is 0 Å². The van der Waals surface area contributed by atoms with Crippen LogP contribution in [0.1, 0.15) is 11.1 Å². The molecule has 20 heavy (non-hydrogen) atoms. The van der Waals surface area contributed by atoms with Crippen LogP contribution in [0.3, 0.4) is 0 Å². The highest BCUT2D eigenvalue weighted by Gasteiger charge is 2.08. The summed E-state index contributed by atoms with van der Waals surface area (Å²) in [7, 11) is 3.80. The zero-order chi connectivity index (χ0) is 14.5. The second-order valence-corrected chi connectivity index (χ2v) is 6.09. The fourth-order valence-corrected chi connectivity index (χ4v) is 2.96. The summed E-state index contributed by atoms with van der Waals surface area (Å²) in [6, 6.07) is 14.5. The molecule has 0 aliphatic carbocycles. The summed E-state index contributed by atoms with van der Waals surface area (Å²) in [6.45, 7) is 0.841. The van der Waals surface area contributed by atoms with E-state index in [1.165, 1.54) is 16.8 Å². The second kappa shape index (κ2) is 7.14. The fourth-order valence-electron chi connectivity index (χ4n) is 2.14. The van der Waals surface area contributed by atoms with Gasteiger partial charge in [0.25, 0.3) is 0 Å². The van der Waals surface area contributed by atoms with Crippen LogP contribution in [0.2, 0.25) is 0 Å². The minimum absolute atomic E-state index is 0.841. The molecule has 2 nitrogen and oxygen atoms in total. The fraction of sp³-hybridized carbons (Fsp3) is 0.250. The maximum Gasteiger partial charge on any atom is 0.119 e. The number of hydrogen-bond acceptors (Lipinski definition) is 2. The number of hydrogen-bond donors (Lipinski definition) is 0. The van der Waals surface area contributed by atoms with Crippen molar-refractivity contribution in [1.29, 1.82) is 0 Å². The molecule has 4 heteroatoms. The highest BCUT2D eigenvalue weighted by atomic mass is 79.9. The molecule has 0 saturated heterocycles. The first kappa shape index (κ1) is 15.4. The lowest BCUT2D eigenvalue weighted by Crippen LogP contribution is -2.17. The Labute approximate surface area is 137 Å². The Bertz CT molecular complexity index is 586. The molecule has 0 spiro atoms. The monoisotopic (exact) mass is 397 g/mol. The van der Waals surface area contributed by atoms with E-state index < -0.39 is 0 Å². The Balaban J connectivity index is 2.23. The molecule has 0 fully saturated rings. The van der Waals surface area contributed by atoms with Crippen LogP contribution >= 0.6 is 31.9 Å². The van der Waals surface area contributed by atoms with Gasteiger partial charge in [-0.1, -0.05) is 50.1 Å². The van der Waals surface area contributed by atoms with Crippen LogP contribution in [0.5, 0.6) is 5.75 Å². The van der Waals surface area contributed by atoms with Gasteiger partial charge in [-0.3, -0.25) is 0 Å². The van der Waals surface area contributed by atoms with Crippen LogP contribution in [-0.4, -0.2) is 14.2 Å². The first-order valence-electron chi connectivity index (χ1n) is 6.32. The van der Waals surface area contributed by atoms with Crippen molar-refractivity contribution in [3.8, 4) is 5.75 Å². The highest BCUT2D eigenvalue weighted by molar-refractivity contribution is 9.10. The summed E-state index contributed by atoms with van der Waals surface area (Å²) >= 11 is 7.09. The molecular formula is C16H17Br2NO. The topological polar surface area (TPSA) is 12.5 Å². The van der Waals surface area contributed by atoms with E-state index in [0.29, 0.717) is 0 Å². The lowest BCUT2D eigenvalue weighted by molar-refractivity contribution is 0.414. The average molecular weight is 399 g/mol. The Hall–Kier alpha value is -1.000. The van der Waals surface area contributed by atoms with E-state index in [4.69, 9.17) is 4.74 Å².